The van der Waals surface area contributed by atoms with E-state index in [9.17, 15) is 31.2 Å². The first-order valence-electron chi connectivity index (χ1n) is 13.3. The number of amides is 2. The van der Waals surface area contributed by atoms with E-state index in [0.29, 0.717) is 6.54 Å². The van der Waals surface area contributed by atoms with Crippen molar-refractivity contribution in [3.05, 3.63) is 100 Å². The van der Waals surface area contributed by atoms with Gasteiger partial charge < -0.3 is 10.2 Å². The van der Waals surface area contributed by atoms with Crippen LogP contribution < -0.4 is 9.62 Å². The van der Waals surface area contributed by atoms with Crippen molar-refractivity contribution in [3.63, 3.8) is 0 Å². The van der Waals surface area contributed by atoms with Crippen molar-refractivity contribution in [1.29, 1.82) is 0 Å². The summed E-state index contributed by atoms with van der Waals surface area (Å²) >= 11 is 3.43. The summed E-state index contributed by atoms with van der Waals surface area (Å²) in [5, 5.41) is 2.81. The first-order valence-corrected chi connectivity index (χ1v) is 15.9. The van der Waals surface area contributed by atoms with Crippen LogP contribution in [0.3, 0.4) is 0 Å². The van der Waals surface area contributed by atoms with Crippen molar-refractivity contribution in [2.45, 2.75) is 44.9 Å². The number of carbonyl (C=O) groups excluding carboxylic acids is 2. The highest BCUT2D eigenvalue weighted by atomic mass is 79.9. The third-order valence-corrected chi connectivity index (χ3v) is 8.16. The van der Waals surface area contributed by atoms with Gasteiger partial charge in [-0.1, -0.05) is 64.5 Å². The predicted octanol–water partition coefficient (Wildman–Crippen LogP) is 5.79. The largest absolute Gasteiger partial charge is 0.416 e. The van der Waals surface area contributed by atoms with Crippen LogP contribution in [0.5, 0.6) is 0 Å². The number of likely N-dealkylation sites (N-methyl/N-ethyl adjacent to an activating group) is 1. The molecule has 12 heteroatoms. The highest BCUT2D eigenvalue weighted by Gasteiger charge is 2.32. The highest BCUT2D eigenvalue weighted by molar-refractivity contribution is 9.10. The van der Waals surface area contributed by atoms with Gasteiger partial charge in [-0.2, -0.15) is 13.2 Å². The number of sulfonamides is 1. The molecule has 3 aromatic carbocycles. The van der Waals surface area contributed by atoms with E-state index in [4.69, 9.17) is 0 Å². The van der Waals surface area contributed by atoms with Gasteiger partial charge in [0.1, 0.15) is 6.04 Å². The monoisotopic (exact) mass is 667 g/mol. The number of hydrogen-bond acceptors (Lipinski definition) is 4. The fraction of sp³-hybridized carbons (Fsp3) is 0.333. The molecule has 1 N–H and O–H groups in total. The summed E-state index contributed by atoms with van der Waals surface area (Å²) in [6.45, 7) is 2.05. The van der Waals surface area contributed by atoms with E-state index in [-0.39, 0.29) is 49.9 Å². The Balaban J connectivity index is 1.88. The van der Waals surface area contributed by atoms with Crippen LogP contribution in [0, 0.1) is 0 Å². The number of alkyl halides is 3. The lowest BCUT2D eigenvalue weighted by molar-refractivity contribution is -0.141. The Labute approximate surface area is 252 Å². The molecule has 0 radical (unpaired) electrons. The molecule has 0 bridgehead atoms. The van der Waals surface area contributed by atoms with Gasteiger partial charge in [-0.3, -0.25) is 13.9 Å². The molecule has 7 nitrogen and oxygen atoms in total. The first-order chi connectivity index (χ1) is 19.8. The SMILES string of the molecule is CCNC(=O)[C@H](Cc1ccccc1)N(Cc1cccc(Br)c1)C(=O)CCCN(c1cccc(C(F)(F)F)c1)S(C)(=O)=O. The number of halogens is 4. The molecule has 0 saturated heterocycles. The summed E-state index contributed by atoms with van der Waals surface area (Å²) in [6, 6.07) is 19.8. The van der Waals surface area contributed by atoms with Crippen molar-refractivity contribution >= 4 is 43.5 Å². The zero-order valence-corrected chi connectivity index (χ0v) is 25.7. The Hall–Kier alpha value is -3.38. The first kappa shape index (κ1) is 33.1. The van der Waals surface area contributed by atoms with Crippen LogP contribution in [0.15, 0.2) is 83.3 Å². The Kier molecular flexibility index (Phi) is 11.6. The second-order valence-corrected chi connectivity index (χ2v) is 12.6. The molecule has 0 heterocycles. The molecule has 1 atom stereocenters. The third kappa shape index (κ3) is 9.59. The minimum absolute atomic E-state index is 0.0184. The average Bonchev–Trinajstić information content (AvgIpc) is 2.92. The quantitative estimate of drug-likeness (QED) is 0.250. The van der Waals surface area contributed by atoms with Crippen LogP contribution in [0.4, 0.5) is 18.9 Å². The fourth-order valence-corrected chi connectivity index (χ4v) is 5.92. The smallest absolute Gasteiger partial charge is 0.355 e. The normalized spacial score (nSPS) is 12.4. The summed E-state index contributed by atoms with van der Waals surface area (Å²) in [4.78, 5) is 28.5. The molecular weight excluding hydrogens is 635 g/mol. The van der Waals surface area contributed by atoms with E-state index >= 15 is 0 Å². The minimum atomic E-state index is -4.64. The van der Waals surface area contributed by atoms with Gasteiger partial charge in [0, 0.05) is 36.9 Å². The molecule has 3 rings (SSSR count). The maximum Gasteiger partial charge on any atom is 0.416 e. The number of anilines is 1. The van der Waals surface area contributed by atoms with Crippen LogP contribution in [0.25, 0.3) is 0 Å². The zero-order chi connectivity index (χ0) is 30.9. The number of nitrogens with one attached hydrogen (secondary N) is 1. The second kappa shape index (κ2) is 14.7. The average molecular weight is 669 g/mol. The molecule has 0 aliphatic rings. The second-order valence-electron chi connectivity index (χ2n) is 9.74. The molecular formula is C30H33BrF3N3O4S. The van der Waals surface area contributed by atoms with Crippen molar-refractivity contribution < 1.29 is 31.2 Å². The molecule has 0 saturated carbocycles. The summed E-state index contributed by atoms with van der Waals surface area (Å²) < 4.78 is 66.6. The van der Waals surface area contributed by atoms with Crippen LogP contribution in [-0.2, 0) is 38.8 Å². The topological polar surface area (TPSA) is 86.8 Å². The van der Waals surface area contributed by atoms with Gasteiger partial charge >= 0.3 is 6.18 Å². The number of carbonyl (C=O) groups is 2. The standard InChI is InChI=1S/C30H33BrF3N3O4S/c1-3-35-29(39)27(19-22-10-5-4-6-11-22)36(21-23-12-7-14-25(31)18-23)28(38)16-9-17-37(42(2,40)41)26-15-8-13-24(20-26)30(32,33)34/h4-8,10-15,18,20,27H,3,9,16-17,19,21H2,1-2H3,(H,35,39)/t27-/m0/s1. The third-order valence-electron chi connectivity index (χ3n) is 6.48. The summed E-state index contributed by atoms with van der Waals surface area (Å²) in [7, 11) is -3.96. The molecule has 0 aliphatic heterocycles. The molecule has 2 amide bonds. The van der Waals surface area contributed by atoms with Crippen LogP contribution in [0.1, 0.15) is 36.5 Å². The molecule has 0 fully saturated rings. The van der Waals surface area contributed by atoms with E-state index in [1.54, 1.807) is 6.92 Å². The lowest BCUT2D eigenvalue weighted by atomic mass is 10.0. The highest BCUT2D eigenvalue weighted by Crippen LogP contribution is 2.32. The Morgan fingerprint density at radius 2 is 1.62 bits per heavy atom. The molecule has 0 spiro atoms. The van der Waals surface area contributed by atoms with E-state index < -0.39 is 27.8 Å². The Morgan fingerprint density at radius 1 is 0.952 bits per heavy atom. The Bertz CT molecular complexity index is 1470. The predicted molar refractivity (Wildman–Crippen MR) is 160 cm³/mol. The maximum atomic E-state index is 13.7. The minimum Gasteiger partial charge on any atom is -0.355 e. The number of benzene rings is 3. The number of rotatable bonds is 13. The molecule has 0 aromatic heterocycles. The number of nitrogens with zero attached hydrogens (tertiary/aromatic N) is 2. The molecule has 0 unspecified atom stereocenters. The zero-order valence-electron chi connectivity index (χ0n) is 23.3. The number of hydrogen-bond donors (Lipinski definition) is 1. The van der Waals surface area contributed by atoms with Crippen molar-refractivity contribution in [2.24, 2.45) is 0 Å². The summed E-state index contributed by atoms with van der Waals surface area (Å²) in [6.07, 6.45) is -3.60. The lowest BCUT2D eigenvalue weighted by Gasteiger charge is -2.32. The van der Waals surface area contributed by atoms with Gasteiger partial charge in [-0.25, -0.2) is 8.42 Å². The van der Waals surface area contributed by atoms with Gasteiger partial charge in [-0.15, -0.1) is 0 Å². The lowest BCUT2D eigenvalue weighted by Crippen LogP contribution is -2.50. The van der Waals surface area contributed by atoms with E-state index in [2.05, 4.69) is 21.2 Å². The van der Waals surface area contributed by atoms with E-state index in [1.165, 1.54) is 11.0 Å². The van der Waals surface area contributed by atoms with Crippen molar-refractivity contribution in [1.82, 2.24) is 10.2 Å². The maximum absolute atomic E-state index is 13.7. The van der Waals surface area contributed by atoms with Gasteiger partial charge in [0.2, 0.25) is 21.8 Å². The van der Waals surface area contributed by atoms with Gasteiger partial charge in [0.05, 0.1) is 17.5 Å². The van der Waals surface area contributed by atoms with E-state index in [1.807, 2.05) is 54.6 Å². The fourth-order valence-electron chi connectivity index (χ4n) is 4.52. The summed E-state index contributed by atoms with van der Waals surface area (Å²) in [5.74, 6) is -0.717. The van der Waals surface area contributed by atoms with Crippen LogP contribution in [0.2, 0.25) is 0 Å². The molecule has 3 aromatic rings. The molecule has 0 aliphatic carbocycles. The van der Waals surface area contributed by atoms with Crippen LogP contribution >= 0.6 is 15.9 Å². The summed E-state index contributed by atoms with van der Waals surface area (Å²) in [5.41, 5.74) is 0.515. The Morgan fingerprint density at radius 3 is 2.24 bits per heavy atom. The van der Waals surface area contributed by atoms with E-state index in [0.717, 1.165) is 44.4 Å². The van der Waals surface area contributed by atoms with Gasteiger partial charge in [0.15, 0.2) is 0 Å². The molecule has 42 heavy (non-hydrogen) atoms. The molecule has 226 valence electrons. The van der Waals surface area contributed by atoms with Gasteiger partial charge in [-0.05, 0) is 54.8 Å². The van der Waals surface area contributed by atoms with Crippen molar-refractivity contribution in [2.75, 3.05) is 23.7 Å². The van der Waals surface area contributed by atoms with Crippen LogP contribution in [-0.4, -0.2) is 50.5 Å². The van der Waals surface area contributed by atoms with Crippen molar-refractivity contribution in [3.8, 4) is 0 Å². The van der Waals surface area contributed by atoms with Gasteiger partial charge in [0.25, 0.3) is 0 Å².